The fourth-order valence-corrected chi connectivity index (χ4v) is 4.15. The van der Waals surface area contributed by atoms with Crippen LogP contribution in [0.1, 0.15) is 23.5 Å². The Balaban J connectivity index is 2.15. The van der Waals surface area contributed by atoms with Crippen molar-refractivity contribution in [1.29, 1.82) is 0 Å². The van der Waals surface area contributed by atoms with Crippen molar-refractivity contribution in [3.63, 3.8) is 0 Å². The number of amidine groups is 1. The second-order valence-corrected chi connectivity index (χ2v) is 7.56. The molecular formula is C17H14Br2FN3O2S. The SMILES string of the molecule is CCOC(=O)C1=C(CBr)NC(c2nccs2)=NC1c1ccc(F)cc1Br. The fourth-order valence-electron chi connectivity index (χ4n) is 2.55. The van der Waals surface area contributed by atoms with Crippen LogP contribution in [-0.2, 0) is 9.53 Å². The number of carbonyl (C=O) groups excluding carboxylic acids is 1. The Morgan fingerprint density at radius 1 is 1.46 bits per heavy atom. The Labute approximate surface area is 170 Å². The van der Waals surface area contributed by atoms with Crippen LogP contribution < -0.4 is 5.32 Å². The van der Waals surface area contributed by atoms with Crippen LogP contribution in [0.25, 0.3) is 0 Å². The molecule has 1 N–H and O–H groups in total. The zero-order valence-electron chi connectivity index (χ0n) is 13.6. The lowest BCUT2D eigenvalue weighted by Crippen LogP contribution is -2.34. The van der Waals surface area contributed by atoms with Crippen molar-refractivity contribution in [1.82, 2.24) is 10.3 Å². The smallest absolute Gasteiger partial charge is 0.338 e. The van der Waals surface area contributed by atoms with Crippen LogP contribution in [-0.4, -0.2) is 28.7 Å². The zero-order chi connectivity index (χ0) is 18.7. The first kappa shape index (κ1) is 19.2. The number of carbonyl (C=O) groups is 1. The van der Waals surface area contributed by atoms with E-state index in [4.69, 9.17) is 4.74 Å². The third kappa shape index (κ3) is 3.89. The molecule has 5 nitrogen and oxygen atoms in total. The third-order valence-electron chi connectivity index (χ3n) is 3.65. The second-order valence-electron chi connectivity index (χ2n) is 5.25. The molecule has 0 saturated heterocycles. The number of allylic oxidation sites excluding steroid dienone is 1. The van der Waals surface area contributed by atoms with E-state index >= 15 is 0 Å². The van der Waals surface area contributed by atoms with Crippen LogP contribution >= 0.6 is 43.2 Å². The van der Waals surface area contributed by atoms with Gasteiger partial charge in [0.25, 0.3) is 0 Å². The lowest BCUT2D eigenvalue weighted by molar-refractivity contribution is -0.138. The van der Waals surface area contributed by atoms with Crippen LogP contribution in [0.4, 0.5) is 4.39 Å². The molecule has 2 heterocycles. The number of nitrogens with zero attached hydrogens (tertiary/aromatic N) is 2. The van der Waals surface area contributed by atoms with E-state index in [-0.39, 0.29) is 12.4 Å². The maximum absolute atomic E-state index is 13.5. The summed E-state index contributed by atoms with van der Waals surface area (Å²) in [5, 5.41) is 6.12. The molecule has 0 fully saturated rings. The van der Waals surface area contributed by atoms with Crippen molar-refractivity contribution in [2.45, 2.75) is 13.0 Å². The predicted octanol–water partition coefficient (Wildman–Crippen LogP) is 4.35. The minimum atomic E-state index is -0.642. The molecule has 1 atom stereocenters. The van der Waals surface area contributed by atoms with Gasteiger partial charge in [0.05, 0.1) is 12.2 Å². The highest BCUT2D eigenvalue weighted by Crippen LogP contribution is 2.37. The summed E-state index contributed by atoms with van der Waals surface area (Å²) in [6.45, 7) is 1.99. The highest BCUT2D eigenvalue weighted by molar-refractivity contribution is 9.10. The number of nitrogens with one attached hydrogen (secondary N) is 1. The number of aromatic nitrogens is 1. The Morgan fingerprint density at radius 3 is 2.88 bits per heavy atom. The van der Waals surface area contributed by atoms with Crippen LogP contribution in [0.3, 0.4) is 0 Å². The molecule has 1 aromatic carbocycles. The van der Waals surface area contributed by atoms with E-state index in [0.29, 0.717) is 37.5 Å². The van der Waals surface area contributed by atoms with Crippen molar-refractivity contribution in [2.75, 3.05) is 11.9 Å². The number of hydrogen-bond donors (Lipinski definition) is 1. The van der Waals surface area contributed by atoms with Crippen LogP contribution in [0.5, 0.6) is 0 Å². The van der Waals surface area contributed by atoms with Gasteiger partial charge in [-0.1, -0.05) is 37.9 Å². The first-order valence-electron chi connectivity index (χ1n) is 7.70. The molecule has 26 heavy (non-hydrogen) atoms. The normalized spacial score (nSPS) is 16.9. The predicted molar refractivity (Wildman–Crippen MR) is 106 cm³/mol. The zero-order valence-corrected chi connectivity index (χ0v) is 17.6. The topological polar surface area (TPSA) is 63.6 Å². The Bertz CT molecular complexity index is 884. The number of thiazole rings is 1. The van der Waals surface area contributed by atoms with Crippen molar-refractivity contribution in [3.05, 3.63) is 61.9 Å². The van der Waals surface area contributed by atoms with E-state index < -0.39 is 12.0 Å². The molecule has 2 aromatic rings. The second kappa shape index (κ2) is 8.41. The number of rotatable bonds is 5. The van der Waals surface area contributed by atoms with E-state index in [2.05, 4.69) is 47.2 Å². The molecule has 0 spiro atoms. The molecule has 136 valence electrons. The Morgan fingerprint density at radius 2 is 2.27 bits per heavy atom. The molecule has 3 rings (SSSR count). The molecule has 1 unspecified atom stereocenters. The molecule has 1 aromatic heterocycles. The molecule has 0 amide bonds. The van der Waals surface area contributed by atoms with Gasteiger partial charge in [-0.2, -0.15) is 0 Å². The first-order chi connectivity index (χ1) is 12.5. The fraction of sp³-hybridized carbons (Fsp3) is 0.235. The highest BCUT2D eigenvalue weighted by Gasteiger charge is 2.33. The van der Waals surface area contributed by atoms with Gasteiger partial charge in [0.2, 0.25) is 0 Å². The molecule has 0 saturated carbocycles. The molecule has 0 aliphatic carbocycles. The Hall–Kier alpha value is -1.58. The van der Waals surface area contributed by atoms with Gasteiger partial charge in [-0.25, -0.2) is 14.2 Å². The summed E-state index contributed by atoms with van der Waals surface area (Å²) in [6.07, 6.45) is 1.69. The molecular weight excluding hydrogens is 489 g/mol. The maximum atomic E-state index is 13.5. The highest BCUT2D eigenvalue weighted by atomic mass is 79.9. The van der Waals surface area contributed by atoms with Gasteiger partial charge in [-0.3, -0.25) is 4.99 Å². The molecule has 0 bridgehead atoms. The first-order valence-corrected chi connectivity index (χ1v) is 10.5. The summed E-state index contributed by atoms with van der Waals surface area (Å²) in [5.41, 5.74) is 1.70. The van der Waals surface area contributed by atoms with Crippen molar-refractivity contribution in [3.8, 4) is 0 Å². The number of esters is 1. The largest absolute Gasteiger partial charge is 0.463 e. The van der Waals surface area contributed by atoms with Crippen LogP contribution in [0, 0.1) is 5.82 Å². The van der Waals surface area contributed by atoms with Gasteiger partial charge in [-0.15, -0.1) is 11.3 Å². The number of hydrogen-bond acceptors (Lipinski definition) is 6. The van der Waals surface area contributed by atoms with E-state index in [1.807, 2.05) is 5.38 Å². The van der Waals surface area contributed by atoms with Crippen molar-refractivity contribution < 1.29 is 13.9 Å². The van der Waals surface area contributed by atoms with Gasteiger partial charge in [-0.05, 0) is 24.6 Å². The van der Waals surface area contributed by atoms with Crippen molar-refractivity contribution in [2.24, 2.45) is 4.99 Å². The van der Waals surface area contributed by atoms with Gasteiger partial charge in [0.1, 0.15) is 11.9 Å². The van der Waals surface area contributed by atoms with E-state index in [0.717, 1.165) is 0 Å². The molecule has 9 heteroatoms. The van der Waals surface area contributed by atoms with Crippen molar-refractivity contribution >= 4 is 55.0 Å². The minimum Gasteiger partial charge on any atom is -0.463 e. The third-order valence-corrected chi connectivity index (χ3v) is 5.67. The average molecular weight is 503 g/mol. The monoisotopic (exact) mass is 501 g/mol. The quantitative estimate of drug-likeness (QED) is 0.487. The van der Waals surface area contributed by atoms with Crippen LogP contribution in [0.15, 0.2) is 50.5 Å². The molecule has 0 radical (unpaired) electrons. The molecule has 1 aliphatic rings. The maximum Gasteiger partial charge on any atom is 0.338 e. The van der Waals surface area contributed by atoms with Gasteiger partial charge in [0.15, 0.2) is 10.8 Å². The van der Waals surface area contributed by atoms with Gasteiger partial charge < -0.3 is 10.1 Å². The lowest BCUT2D eigenvalue weighted by atomic mass is 9.96. The van der Waals surface area contributed by atoms with Gasteiger partial charge in [0, 0.05) is 27.1 Å². The minimum absolute atomic E-state index is 0.248. The van der Waals surface area contributed by atoms with E-state index in [9.17, 15) is 9.18 Å². The van der Waals surface area contributed by atoms with Crippen LogP contribution in [0.2, 0.25) is 0 Å². The lowest BCUT2D eigenvalue weighted by Gasteiger charge is -2.26. The molecule has 1 aliphatic heterocycles. The number of ether oxygens (including phenoxy) is 1. The Kier molecular flexibility index (Phi) is 6.20. The average Bonchev–Trinajstić information content (AvgIpc) is 3.15. The van der Waals surface area contributed by atoms with E-state index in [1.165, 1.54) is 23.5 Å². The number of halogens is 3. The number of benzene rings is 1. The summed E-state index contributed by atoms with van der Waals surface area (Å²) in [7, 11) is 0. The number of alkyl halides is 1. The summed E-state index contributed by atoms with van der Waals surface area (Å²) in [5.74, 6) is -0.276. The standard InChI is InChI=1S/C17H14Br2FN3O2S/c1-2-25-17(24)13-12(8-18)22-15(16-21-5-6-26-16)23-14(13)10-4-3-9(20)7-11(10)19/h3-7,14H,2,8H2,1H3,(H,22,23). The summed E-state index contributed by atoms with van der Waals surface area (Å²) in [6, 6.07) is 3.67. The summed E-state index contributed by atoms with van der Waals surface area (Å²) >= 11 is 8.24. The number of aliphatic imine (C=N–C) groups is 1. The summed E-state index contributed by atoms with van der Waals surface area (Å²) < 4.78 is 19.3. The van der Waals surface area contributed by atoms with Gasteiger partial charge >= 0.3 is 5.97 Å². The summed E-state index contributed by atoms with van der Waals surface area (Å²) in [4.78, 5) is 21.6. The van der Waals surface area contributed by atoms with E-state index in [1.54, 1.807) is 19.2 Å².